The molecule has 4 aromatic carbocycles. The van der Waals surface area contributed by atoms with E-state index >= 15 is 0 Å². The molecule has 36 heavy (non-hydrogen) atoms. The van der Waals surface area contributed by atoms with Gasteiger partial charge in [-0.2, -0.15) is 0 Å². The van der Waals surface area contributed by atoms with E-state index in [4.69, 9.17) is 5.73 Å². The molecule has 0 heterocycles. The average molecular weight is 480 g/mol. The van der Waals surface area contributed by atoms with Crippen molar-refractivity contribution in [3.05, 3.63) is 114 Å². The highest BCUT2D eigenvalue weighted by Crippen LogP contribution is 2.39. The van der Waals surface area contributed by atoms with Crippen molar-refractivity contribution in [2.24, 2.45) is 5.73 Å². The van der Waals surface area contributed by atoms with Crippen molar-refractivity contribution in [2.45, 2.75) is 37.4 Å². The summed E-state index contributed by atoms with van der Waals surface area (Å²) < 4.78 is 0. The zero-order chi connectivity index (χ0) is 25.1. The number of rotatable bonds is 8. The fourth-order valence-electron chi connectivity index (χ4n) is 4.75. The third kappa shape index (κ3) is 5.24. The first-order valence-electron chi connectivity index (χ1n) is 12.2. The molecule has 1 unspecified atom stereocenters. The summed E-state index contributed by atoms with van der Waals surface area (Å²) in [5.74, 6) is 0.0133. The maximum atomic E-state index is 13.6. The van der Waals surface area contributed by atoms with Crippen molar-refractivity contribution >= 4 is 28.5 Å². The molecule has 0 radical (unpaired) electrons. The maximum Gasteiger partial charge on any atom is 0.408 e. The second kappa shape index (κ2) is 10.2. The van der Waals surface area contributed by atoms with Crippen molar-refractivity contribution in [3.63, 3.8) is 0 Å². The molecular formula is C30H29N3O3. The number of benzene rings is 4. The average Bonchev–Trinajstić information content (AvgIpc) is 3.63. The van der Waals surface area contributed by atoms with Crippen LogP contribution >= 0.6 is 0 Å². The lowest BCUT2D eigenvalue weighted by molar-refractivity contribution is -0.120. The number of nitrogens with two attached hydrogens (primary N) is 1. The van der Waals surface area contributed by atoms with Crippen LogP contribution in [0.4, 0.5) is 10.5 Å². The standard InChI is InChI=1S/C30H29N3O3/c31-27-18-26(27)22-13-15-24(16-14-22)32-29(34)28(33(30(35)36)19-20-7-2-1-3-8-20)17-23-11-6-10-21-9-4-5-12-25(21)23/h1-16,26-28H,17-19,31H2,(H,32,34)(H,35,36)/t26-,27+,28?/m0/s1. The van der Waals surface area contributed by atoms with Crippen molar-refractivity contribution < 1.29 is 14.7 Å². The van der Waals surface area contributed by atoms with Gasteiger partial charge in [0.25, 0.3) is 0 Å². The van der Waals surface area contributed by atoms with Gasteiger partial charge in [-0.3, -0.25) is 9.69 Å². The van der Waals surface area contributed by atoms with Crippen LogP contribution in [0.25, 0.3) is 10.8 Å². The number of hydrogen-bond donors (Lipinski definition) is 3. The summed E-state index contributed by atoms with van der Waals surface area (Å²) in [6.07, 6.45) is 0.0880. The summed E-state index contributed by atoms with van der Waals surface area (Å²) in [6.45, 7) is 0.109. The predicted molar refractivity (Wildman–Crippen MR) is 142 cm³/mol. The third-order valence-electron chi connectivity index (χ3n) is 6.86. The minimum Gasteiger partial charge on any atom is -0.465 e. The van der Waals surface area contributed by atoms with Crippen molar-refractivity contribution in [2.75, 3.05) is 5.32 Å². The summed E-state index contributed by atoms with van der Waals surface area (Å²) in [5, 5.41) is 15.2. The molecule has 1 fully saturated rings. The molecule has 6 heteroatoms. The van der Waals surface area contributed by atoms with Crippen LogP contribution in [-0.4, -0.2) is 34.1 Å². The molecule has 1 aliphatic rings. The molecule has 0 saturated heterocycles. The van der Waals surface area contributed by atoms with Gasteiger partial charge in [0.2, 0.25) is 5.91 Å². The smallest absolute Gasteiger partial charge is 0.408 e. The van der Waals surface area contributed by atoms with E-state index in [9.17, 15) is 14.7 Å². The Kier molecular flexibility index (Phi) is 6.69. The van der Waals surface area contributed by atoms with Gasteiger partial charge in [-0.15, -0.1) is 0 Å². The molecule has 0 aliphatic heterocycles. The largest absolute Gasteiger partial charge is 0.465 e. The summed E-state index contributed by atoms with van der Waals surface area (Å²) in [7, 11) is 0. The van der Waals surface area contributed by atoms with Crippen LogP contribution in [0.2, 0.25) is 0 Å². The quantitative estimate of drug-likeness (QED) is 0.316. The second-order valence-electron chi connectivity index (χ2n) is 9.37. The zero-order valence-electron chi connectivity index (χ0n) is 19.9. The summed E-state index contributed by atoms with van der Waals surface area (Å²) in [6, 6.07) is 30.1. The Hall–Kier alpha value is -4.16. The highest BCUT2D eigenvalue weighted by atomic mass is 16.4. The first-order chi connectivity index (χ1) is 17.5. The van der Waals surface area contributed by atoms with Gasteiger partial charge >= 0.3 is 6.09 Å². The molecule has 4 N–H and O–H groups in total. The number of anilines is 1. The number of fused-ring (bicyclic) bond motifs is 1. The number of nitrogens with one attached hydrogen (secondary N) is 1. The highest BCUT2D eigenvalue weighted by Gasteiger charge is 2.35. The van der Waals surface area contributed by atoms with Gasteiger partial charge in [0.15, 0.2) is 0 Å². The van der Waals surface area contributed by atoms with Crippen LogP contribution in [-0.2, 0) is 17.8 Å². The molecule has 0 bridgehead atoms. The molecule has 4 aromatic rings. The van der Waals surface area contributed by atoms with Crippen LogP contribution in [0.15, 0.2) is 97.1 Å². The molecule has 5 rings (SSSR count). The van der Waals surface area contributed by atoms with E-state index in [1.807, 2.05) is 97.1 Å². The van der Waals surface area contributed by atoms with E-state index in [-0.39, 0.29) is 24.9 Å². The molecule has 3 atom stereocenters. The second-order valence-corrected chi connectivity index (χ2v) is 9.37. The SMILES string of the molecule is N[C@@H]1C[C@H]1c1ccc(NC(=O)C(Cc2cccc3ccccc23)N(Cc2ccccc2)C(=O)O)cc1. The monoisotopic (exact) mass is 479 g/mol. The molecule has 1 aliphatic carbocycles. The Bertz CT molecular complexity index is 1370. The molecule has 0 aromatic heterocycles. The van der Waals surface area contributed by atoms with E-state index in [0.29, 0.717) is 11.6 Å². The summed E-state index contributed by atoms with van der Waals surface area (Å²) in [4.78, 5) is 27.3. The van der Waals surface area contributed by atoms with Crippen LogP contribution in [0.5, 0.6) is 0 Å². The highest BCUT2D eigenvalue weighted by molar-refractivity contribution is 5.97. The summed E-state index contributed by atoms with van der Waals surface area (Å²) in [5.41, 5.74) is 9.49. The van der Waals surface area contributed by atoms with Crippen LogP contribution in [0.3, 0.4) is 0 Å². The van der Waals surface area contributed by atoms with Gasteiger partial charge in [0, 0.05) is 30.6 Å². The minimum absolute atomic E-state index is 0.109. The van der Waals surface area contributed by atoms with Crippen LogP contribution < -0.4 is 11.1 Å². The Balaban J connectivity index is 1.45. The predicted octanol–water partition coefficient (Wildman–Crippen LogP) is 5.38. The third-order valence-corrected chi connectivity index (χ3v) is 6.86. The van der Waals surface area contributed by atoms with E-state index in [1.165, 1.54) is 4.90 Å². The first-order valence-corrected chi connectivity index (χ1v) is 12.2. The van der Waals surface area contributed by atoms with Crippen molar-refractivity contribution in [1.29, 1.82) is 0 Å². The molecule has 2 amide bonds. The maximum absolute atomic E-state index is 13.6. The molecule has 6 nitrogen and oxygen atoms in total. The topological polar surface area (TPSA) is 95.7 Å². The van der Waals surface area contributed by atoms with Gasteiger partial charge in [0.1, 0.15) is 6.04 Å². The van der Waals surface area contributed by atoms with E-state index in [2.05, 4.69) is 5.32 Å². The Morgan fingerprint density at radius 3 is 2.28 bits per heavy atom. The Morgan fingerprint density at radius 2 is 1.58 bits per heavy atom. The van der Waals surface area contributed by atoms with Crippen molar-refractivity contribution in [1.82, 2.24) is 4.90 Å². The minimum atomic E-state index is -1.14. The van der Waals surface area contributed by atoms with Gasteiger partial charge in [0.05, 0.1) is 0 Å². The van der Waals surface area contributed by atoms with Gasteiger partial charge in [-0.05, 0) is 46.0 Å². The Labute approximate surface area is 210 Å². The lowest BCUT2D eigenvalue weighted by Crippen LogP contribution is -2.47. The molecular weight excluding hydrogens is 450 g/mol. The van der Waals surface area contributed by atoms with E-state index < -0.39 is 12.1 Å². The van der Waals surface area contributed by atoms with Crippen molar-refractivity contribution in [3.8, 4) is 0 Å². The number of hydrogen-bond acceptors (Lipinski definition) is 3. The molecule has 182 valence electrons. The summed E-state index contributed by atoms with van der Waals surface area (Å²) >= 11 is 0. The number of carboxylic acid groups (broad SMARTS) is 1. The number of carbonyl (C=O) groups excluding carboxylic acids is 1. The number of nitrogens with zero attached hydrogens (tertiary/aromatic N) is 1. The van der Waals surface area contributed by atoms with Gasteiger partial charge < -0.3 is 16.2 Å². The number of amides is 2. The van der Waals surface area contributed by atoms with E-state index in [1.54, 1.807) is 0 Å². The zero-order valence-corrected chi connectivity index (χ0v) is 19.9. The van der Waals surface area contributed by atoms with E-state index in [0.717, 1.165) is 33.9 Å². The number of carbonyl (C=O) groups is 2. The van der Waals surface area contributed by atoms with Crippen LogP contribution in [0, 0.1) is 0 Å². The fraction of sp³-hybridized carbons (Fsp3) is 0.200. The lowest BCUT2D eigenvalue weighted by Gasteiger charge is -2.29. The normalized spacial score (nSPS) is 17.4. The molecule has 1 saturated carbocycles. The van der Waals surface area contributed by atoms with Gasteiger partial charge in [-0.25, -0.2) is 4.79 Å². The van der Waals surface area contributed by atoms with Crippen LogP contribution in [0.1, 0.15) is 29.0 Å². The lowest BCUT2D eigenvalue weighted by atomic mass is 9.97. The molecule has 0 spiro atoms. The van der Waals surface area contributed by atoms with Gasteiger partial charge in [-0.1, -0.05) is 84.9 Å². The first kappa shape index (κ1) is 23.6. The Morgan fingerprint density at radius 1 is 0.917 bits per heavy atom. The fourth-order valence-corrected chi connectivity index (χ4v) is 4.75.